The highest BCUT2D eigenvalue weighted by molar-refractivity contribution is 6.39. The SMILES string of the molecule is CN1C(=O)/C(=C/c2cc(-c3ccccc3)n(-c3ccc(Cl)cc3)c2-c2ccccc2)C(=O)N(c2ccccc2)C1=O. The maximum Gasteiger partial charge on any atom is 0.338 e. The number of para-hydroxylation sites is 1. The third-order valence-electron chi connectivity index (χ3n) is 6.99. The lowest BCUT2D eigenvalue weighted by Crippen LogP contribution is -2.55. The molecule has 0 N–H and O–H groups in total. The van der Waals surface area contributed by atoms with Crippen LogP contribution in [0.15, 0.2) is 127 Å². The first-order chi connectivity index (χ1) is 19.9. The Morgan fingerprint density at radius 2 is 1.20 bits per heavy atom. The molecule has 6 rings (SSSR count). The van der Waals surface area contributed by atoms with Gasteiger partial charge in [0.1, 0.15) is 5.57 Å². The fraction of sp³-hybridized carbons (Fsp3) is 0.0294. The Kier molecular flexibility index (Phi) is 6.83. The van der Waals surface area contributed by atoms with Crippen molar-refractivity contribution >= 4 is 41.2 Å². The fourth-order valence-electron chi connectivity index (χ4n) is 5.01. The number of hydrogen-bond donors (Lipinski definition) is 0. The molecular weight excluding hydrogens is 534 g/mol. The molecule has 0 atom stereocenters. The Hall–Kier alpha value is -5.20. The van der Waals surface area contributed by atoms with Crippen LogP contribution < -0.4 is 4.90 Å². The number of halogens is 1. The Balaban J connectivity index is 1.62. The van der Waals surface area contributed by atoms with Gasteiger partial charge in [0.25, 0.3) is 11.8 Å². The molecule has 5 aromatic rings. The quantitative estimate of drug-likeness (QED) is 0.166. The molecule has 2 heterocycles. The van der Waals surface area contributed by atoms with Crippen molar-refractivity contribution in [3.05, 3.63) is 137 Å². The minimum atomic E-state index is -0.699. The molecule has 4 amide bonds. The summed E-state index contributed by atoms with van der Waals surface area (Å²) in [4.78, 5) is 42.3. The van der Waals surface area contributed by atoms with Crippen molar-refractivity contribution in [3.63, 3.8) is 0 Å². The van der Waals surface area contributed by atoms with Gasteiger partial charge < -0.3 is 4.57 Å². The summed E-state index contributed by atoms with van der Waals surface area (Å²) in [7, 11) is 1.38. The van der Waals surface area contributed by atoms with Crippen molar-refractivity contribution in [2.45, 2.75) is 0 Å². The topological polar surface area (TPSA) is 62.6 Å². The van der Waals surface area contributed by atoms with E-state index in [0.717, 1.165) is 38.0 Å². The molecule has 1 aliphatic rings. The van der Waals surface area contributed by atoms with E-state index >= 15 is 0 Å². The lowest BCUT2D eigenvalue weighted by Gasteiger charge is -2.31. The molecule has 200 valence electrons. The number of barbiturate groups is 1. The number of likely N-dealkylation sites (N-methyl/N-ethyl adjacent to an activating group) is 1. The largest absolute Gasteiger partial charge is 0.338 e. The molecule has 1 aromatic heterocycles. The summed E-state index contributed by atoms with van der Waals surface area (Å²) in [6, 6.07) is 37.0. The molecule has 6 nitrogen and oxygen atoms in total. The number of imide groups is 2. The summed E-state index contributed by atoms with van der Waals surface area (Å²) in [5, 5.41) is 0.609. The van der Waals surface area contributed by atoms with Gasteiger partial charge in [-0.3, -0.25) is 14.5 Å². The summed E-state index contributed by atoms with van der Waals surface area (Å²) in [6.07, 6.45) is 1.59. The van der Waals surface area contributed by atoms with Crippen molar-refractivity contribution in [3.8, 4) is 28.2 Å². The van der Waals surface area contributed by atoms with Crippen molar-refractivity contribution in [1.82, 2.24) is 9.47 Å². The minimum absolute atomic E-state index is 0.110. The number of hydrogen-bond acceptors (Lipinski definition) is 3. The van der Waals surface area contributed by atoms with E-state index in [1.807, 2.05) is 91.0 Å². The second-order valence-corrected chi connectivity index (χ2v) is 9.99. The van der Waals surface area contributed by atoms with Crippen molar-refractivity contribution in [1.29, 1.82) is 0 Å². The molecule has 0 saturated carbocycles. The van der Waals surface area contributed by atoms with Crippen LogP contribution in [0.4, 0.5) is 10.5 Å². The van der Waals surface area contributed by atoms with E-state index in [-0.39, 0.29) is 5.57 Å². The highest BCUT2D eigenvalue weighted by atomic mass is 35.5. The minimum Gasteiger partial charge on any atom is -0.309 e. The molecule has 41 heavy (non-hydrogen) atoms. The van der Waals surface area contributed by atoms with Crippen LogP contribution in [-0.2, 0) is 9.59 Å². The number of nitrogens with zero attached hydrogens (tertiary/aromatic N) is 3. The number of aromatic nitrogens is 1. The van der Waals surface area contributed by atoms with Gasteiger partial charge in [-0.05, 0) is 59.7 Å². The number of benzene rings is 4. The molecule has 7 heteroatoms. The molecule has 4 aromatic carbocycles. The maximum absolute atomic E-state index is 13.8. The molecule has 0 spiro atoms. The first-order valence-electron chi connectivity index (χ1n) is 13.0. The summed E-state index contributed by atoms with van der Waals surface area (Å²) < 4.78 is 2.09. The van der Waals surface area contributed by atoms with Crippen molar-refractivity contribution in [2.75, 3.05) is 11.9 Å². The zero-order chi connectivity index (χ0) is 28.5. The van der Waals surface area contributed by atoms with Crippen LogP contribution in [0.25, 0.3) is 34.3 Å². The molecule has 0 radical (unpaired) electrons. The lowest BCUT2D eigenvalue weighted by atomic mass is 10.0. The second-order valence-electron chi connectivity index (χ2n) is 9.56. The monoisotopic (exact) mass is 557 g/mol. The van der Waals surface area contributed by atoms with E-state index in [0.29, 0.717) is 16.3 Å². The van der Waals surface area contributed by atoms with Gasteiger partial charge in [-0.1, -0.05) is 90.5 Å². The Morgan fingerprint density at radius 3 is 1.80 bits per heavy atom. The van der Waals surface area contributed by atoms with Gasteiger partial charge in [0.2, 0.25) is 0 Å². The predicted molar refractivity (Wildman–Crippen MR) is 162 cm³/mol. The standard InChI is InChI=1S/C34H24ClN3O3/c1-36-32(39)29(33(40)38(34(36)41)27-15-9-4-10-16-27)21-25-22-30(23-11-5-2-6-12-23)37(28-19-17-26(35)18-20-28)31(25)24-13-7-3-8-14-24/h2-22H,1H3/b29-21-. The molecule has 0 bridgehead atoms. The van der Waals surface area contributed by atoms with Gasteiger partial charge in [-0.2, -0.15) is 0 Å². The number of carbonyl (C=O) groups excluding carboxylic acids is 3. The van der Waals surface area contributed by atoms with E-state index in [1.54, 1.807) is 36.4 Å². The lowest BCUT2D eigenvalue weighted by molar-refractivity contribution is -0.128. The van der Waals surface area contributed by atoms with E-state index in [4.69, 9.17) is 11.6 Å². The molecular formula is C34H24ClN3O3. The van der Waals surface area contributed by atoms with Gasteiger partial charge in [-0.25, -0.2) is 9.69 Å². The predicted octanol–water partition coefficient (Wildman–Crippen LogP) is 7.47. The third-order valence-corrected chi connectivity index (χ3v) is 7.24. The van der Waals surface area contributed by atoms with Crippen LogP contribution in [0.3, 0.4) is 0 Å². The maximum atomic E-state index is 13.8. The second kappa shape index (κ2) is 10.8. The van der Waals surface area contributed by atoms with Crippen LogP contribution in [0.1, 0.15) is 5.56 Å². The number of rotatable bonds is 5. The highest BCUT2D eigenvalue weighted by Gasteiger charge is 2.41. The normalized spacial score (nSPS) is 14.7. The molecule has 0 aliphatic carbocycles. The molecule has 1 aliphatic heterocycles. The van der Waals surface area contributed by atoms with Gasteiger partial charge >= 0.3 is 6.03 Å². The van der Waals surface area contributed by atoms with E-state index in [9.17, 15) is 14.4 Å². The summed E-state index contributed by atoms with van der Waals surface area (Å²) in [6.45, 7) is 0. The summed E-state index contributed by atoms with van der Waals surface area (Å²) >= 11 is 6.24. The molecule has 1 saturated heterocycles. The average molecular weight is 558 g/mol. The van der Waals surface area contributed by atoms with E-state index in [1.165, 1.54) is 7.05 Å². The van der Waals surface area contributed by atoms with E-state index in [2.05, 4.69) is 4.57 Å². The zero-order valence-electron chi connectivity index (χ0n) is 22.1. The van der Waals surface area contributed by atoms with E-state index < -0.39 is 17.8 Å². The first kappa shape index (κ1) is 26.0. The van der Waals surface area contributed by atoms with Gasteiger partial charge in [0.15, 0.2) is 0 Å². The number of carbonyl (C=O) groups is 3. The van der Waals surface area contributed by atoms with Crippen LogP contribution in [0, 0.1) is 0 Å². The number of anilines is 1. The van der Waals surface area contributed by atoms with Crippen LogP contribution in [-0.4, -0.2) is 34.4 Å². The number of amides is 4. The van der Waals surface area contributed by atoms with Crippen LogP contribution in [0.2, 0.25) is 5.02 Å². The van der Waals surface area contributed by atoms with Crippen molar-refractivity contribution in [2.24, 2.45) is 0 Å². The Labute approximate surface area is 242 Å². The number of urea groups is 1. The Morgan fingerprint density at radius 1 is 0.634 bits per heavy atom. The molecule has 0 unspecified atom stereocenters. The summed E-state index contributed by atoms with van der Waals surface area (Å²) in [5.41, 5.74) is 5.26. The van der Waals surface area contributed by atoms with Crippen molar-refractivity contribution < 1.29 is 14.4 Å². The van der Waals surface area contributed by atoms with Gasteiger partial charge in [-0.15, -0.1) is 0 Å². The Bertz CT molecular complexity index is 1800. The smallest absolute Gasteiger partial charge is 0.309 e. The fourth-order valence-corrected chi connectivity index (χ4v) is 5.14. The zero-order valence-corrected chi connectivity index (χ0v) is 22.8. The van der Waals surface area contributed by atoms with Gasteiger partial charge in [0.05, 0.1) is 17.1 Å². The first-order valence-corrected chi connectivity index (χ1v) is 13.4. The van der Waals surface area contributed by atoms with Gasteiger partial charge in [0, 0.05) is 23.3 Å². The van der Waals surface area contributed by atoms with Crippen LogP contribution in [0.5, 0.6) is 0 Å². The van der Waals surface area contributed by atoms with Crippen LogP contribution >= 0.6 is 11.6 Å². The summed E-state index contributed by atoms with van der Waals surface area (Å²) in [5.74, 6) is -1.34. The highest BCUT2D eigenvalue weighted by Crippen LogP contribution is 2.38. The average Bonchev–Trinajstić information content (AvgIpc) is 3.39. The molecule has 1 fully saturated rings. The third kappa shape index (κ3) is 4.75.